The second kappa shape index (κ2) is 5.91. The summed E-state index contributed by atoms with van der Waals surface area (Å²) in [5, 5.41) is 18.0. The van der Waals surface area contributed by atoms with E-state index >= 15 is 0 Å². The number of hydrogen-bond donors (Lipinski definition) is 2. The van der Waals surface area contributed by atoms with E-state index in [1.165, 1.54) is 5.56 Å². The lowest BCUT2D eigenvalue weighted by molar-refractivity contribution is 0.304. The SMILES string of the molecule is Cc1ccc(C)c(OCc2ccc(B(O)O)cc2)c1. The molecule has 0 saturated heterocycles. The summed E-state index contributed by atoms with van der Waals surface area (Å²) in [6.07, 6.45) is 0. The Labute approximate surface area is 113 Å². The Morgan fingerprint density at radius 1 is 1.00 bits per heavy atom. The molecule has 0 unspecified atom stereocenters. The van der Waals surface area contributed by atoms with Gasteiger partial charge in [0.05, 0.1) is 0 Å². The quantitative estimate of drug-likeness (QED) is 0.816. The van der Waals surface area contributed by atoms with Gasteiger partial charge in [-0.25, -0.2) is 0 Å². The van der Waals surface area contributed by atoms with Gasteiger partial charge in [-0.05, 0) is 42.1 Å². The van der Waals surface area contributed by atoms with Gasteiger partial charge in [0.2, 0.25) is 0 Å². The van der Waals surface area contributed by atoms with Crippen molar-refractivity contribution in [1.29, 1.82) is 0 Å². The number of rotatable bonds is 4. The standard InChI is InChI=1S/C15H17BO3/c1-11-3-4-12(2)15(9-11)19-10-13-5-7-14(8-6-13)16(17)18/h3-9,17-18H,10H2,1-2H3. The van der Waals surface area contributed by atoms with Gasteiger partial charge in [0.15, 0.2) is 0 Å². The fourth-order valence-corrected chi connectivity index (χ4v) is 1.81. The largest absolute Gasteiger partial charge is 0.489 e. The Kier molecular flexibility index (Phi) is 4.25. The monoisotopic (exact) mass is 256 g/mol. The third kappa shape index (κ3) is 3.59. The minimum Gasteiger partial charge on any atom is -0.489 e. The van der Waals surface area contributed by atoms with Crippen LogP contribution in [0.2, 0.25) is 0 Å². The first kappa shape index (κ1) is 13.7. The highest BCUT2D eigenvalue weighted by molar-refractivity contribution is 6.58. The van der Waals surface area contributed by atoms with Gasteiger partial charge >= 0.3 is 7.12 Å². The van der Waals surface area contributed by atoms with Gasteiger partial charge in [-0.3, -0.25) is 0 Å². The molecule has 0 fully saturated rings. The minimum absolute atomic E-state index is 0.464. The molecule has 0 bridgehead atoms. The first-order chi connectivity index (χ1) is 9.06. The third-order valence-corrected chi connectivity index (χ3v) is 3.02. The molecule has 0 aromatic heterocycles. The second-order valence-electron chi connectivity index (χ2n) is 4.67. The van der Waals surface area contributed by atoms with Crippen molar-refractivity contribution in [3.63, 3.8) is 0 Å². The predicted octanol–water partition coefficient (Wildman–Crippen LogP) is 1.56. The molecule has 2 rings (SSSR count). The maximum absolute atomic E-state index is 9.01. The fourth-order valence-electron chi connectivity index (χ4n) is 1.81. The van der Waals surface area contributed by atoms with E-state index in [1.807, 2.05) is 38.1 Å². The van der Waals surface area contributed by atoms with Gasteiger partial charge in [-0.15, -0.1) is 0 Å². The zero-order valence-corrected chi connectivity index (χ0v) is 11.1. The van der Waals surface area contributed by atoms with Crippen LogP contribution in [-0.4, -0.2) is 17.2 Å². The Bertz CT molecular complexity index is 550. The molecule has 0 saturated carbocycles. The summed E-state index contributed by atoms with van der Waals surface area (Å²) in [6, 6.07) is 13.1. The van der Waals surface area contributed by atoms with Crippen molar-refractivity contribution in [2.75, 3.05) is 0 Å². The van der Waals surface area contributed by atoms with E-state index in [0.29, 0.717) is 12.1 Å². The van der Waals surface area contributed by atoms with Crippen LogP contribution in [0, 0.1) is 13.8 Å². The smallest absolute Gasteiger partial charge is 0.488 e. The lowest BCUT2D eigenvalue weighted by Gasteiger charge is -2.10. The van der Waals surface area contributed by atoms with Crippen LogP contribution in [0.3, 0.4) is 0 Å². The minimum atomic E-state index is -1.42. The first-order valence-corrected chi connectivity index (χ1v) is 6.21. The number of benzene rings is 2. The summed E-state index contributed by atoms with van der Waals surface area (Å²) in [7, 11) is -1.42. The highest BCUT2D eigenvalue weighted by Gasteiger charge is 2.09. The molecule has 2 aromatic rings. The van der Waals surface area contributed by atoms with Gasteiger partial charge < -0.3 is 14.8 Å². The summed E-state index contributed by atoms with van der Waals surface area (Å²) in [5.74, 6) is 0.881. The van der Waals surface area contributed by atoms with Crippen LogP contribution in [0.25, 0.3) is 0 Å². The van der Waals surface area contributed by atoms with Crippen LogP contribution in [-0.2, 0) is 6.61 Å². The molecule has 0 spiro atoms. The van der Waals surface area contributed by atoms with Crippen LogP contribution < -0.4 is 10.2 Å². The van der Waals surface area contributed by atoms with Crippen LogP contribution in [0.5, 0.6) is 5.75 Å². The molecule has 0 radical (unpaired) electrons. The van der Waals surface area contributed by atoms with Gasteiger partial charge in [0.1, 0.15) is 12.4 Å². The summed E-state index contributed by atoms with van der Waals surface area (Å²) in [5.41, 5.74) is 3.74. The molecule has 0 aliphatic heterocycles. The Morgan fingerprint density at radius 2 is 1.68 bits per heavy atom. The highest BCUT2D eigenvalue weighted by atomic mass is 16.5. The molecule has 0 heterocycles. The Balaban J connectivity index is 2.04. The van der Waals surface area contributed by atoms with Crippen molar-refractivity contribution < 1.29 is 14.8 Å². The van der Waals surface area contributed by atoms with Crippen molar-refractivity contribution in [3.05, 3.63) is 59.2 Å². The molecule has 19 heavy (non-hydrogen) atoms. The number of hydrogen-bond acceptors (Lipinski definition) is 3. The lowest BCUT2D eigenvalue weighted by atomic mass is 9.80. The lowest BCUT2D eigenvalue weighted by Crippen LogP contribution is -2.29. The molecule has 0 aliphatic carbocycles. The van der Waals surface area contributed by atoms with Crippen LogP contribution in [0.4, 0.5) is 0 Å². The third-order valence-electron chi connectivity index (χ3n) is 3.02. The van der Waals surface area contributed by atoms with Gasteiger partial charge in [-0.2, -0.15) is 0 Å². The molecule has 3 nitrogen and oxygen atoms in total. The van der Waals surface area contributed by atoms with E-state index in [1.54, 1.807) is 12.1 Å². The molecular weight excluding hydrogens is 239 g/mol. The number of aryl methyl sites for hydroxylation is 2. The van der Waals surface area contributed by atoms with E-state index in [-0.39, 0.29) is 0 Å². The summed E-state index contributed by atoms with van der Waals surface area (Å²) in [4.78, 5) is 0. The maximum atomic E-state index is 9.01. The second-order valence-corrected chi connectivity index (χ2v) is 4.67. The van der Waals surface area contributed by atoms with Crippen LogP contribution in [0.1, 0.15) is 16.7 Å². The number of ether oxygens (including phenoxy) is 1. The van der Waals surface area contributed by atoms with Gasteiger partial charge in [-0.1, -0.05) is 36.4 Å². The average molecular weight is 256 g/mol. The highest BCUT2D eigenvalue weighted by Crippen LogP contribution is 2.20. The Hall–Kier alpha value is -1.78. The first-order valence-electron chi connectivity index (χ1n) is 6.21. The van der Waals surface area contributed by atoms with E-state index < -0.39 is 7.12 Å². The van der Waals surface area contributed by atoms with Crippen LogP contribution >= 0.6 is 0 Å². The van der Waals surface area contributed by atoms with Crippen LogP contribution in [0.15, 0.2) is 42.5 Å². The maximum Gasteiger partial charge on any atom is 0.488 e. The van der Waals surface area contributed by atoms with Gasteiger partial charge in [0, 0.05) is 0 Å². The topological polar surface area (TPSA) is 49.7 Å². The van der Waals surface area contributed by atoms with Crippen molar-refractivity contribution in [1.82, 2.24) is 0 Å². The molecule has 4 heteroatoms. The van der Waals surface area contributed by atoms with E-state index in [0.717, 1.165) is 16.9 Å². The molecular formula is C15H17BO3. The molecule has 2 aromatic carbocycles. The van der Waals surface area contributed by atoms with Crippen molar-refractivity contribution in [3.8, 4) is 5.75 Å². The summed E-state index contributed by atoms with van der Waals surface area (Å²) < 4.78 is 5.78. The predicted molar refractivity (Wildman–Crippen MR) is 76.5 cm³/mol. The summed E-state index contributed by atoms with van der Waals surface area (Å²) in [6.45, 7) is 4.51. The van der Waals surface area contributed by atoms with E-state index in [4.69, 9.17) is 14.8 Å². The Morgan fingerprint density at radius 3 is 2.32 bits per heavy atom. The molecule has 0 amide bonds. The molecule has 2 N–H and O–H groups in total. The van der Waals surface area contributed by atoms with E-state index in [2.05, 4.69) is 6.07 Å². The van der Waals surface area contributed by atoms with Crippen molar-refractivity contribution >= 4 is 12.6 Å². The normalized spacial score (nSPS) is 10.3. The van der Waals surface area contributed by atoms with Gasteiger partial charge in [0.25, 0.3) is 0 Å². The molecule has 0 aliphatic rings. The van der Waals surface area contributed by atoms with Crippen molar-refractivity contribution in [2.24, 2.45) is 0 Å². The molecule has 98 valence electrons. The zero-order chi connectivity index (χ0) is 13.8. The fraction of sp³-hybridized carbons (Fsp3) is 0.200. The molecule has 0 atom stereocenters. The van der Waals surface area contributed by atoms with E-state index in [9.17, 15) is 0 Å². The van der Waals surface area contributed by atoms with Crippen molar-refractivity contribution in [2.45, 2.75) is 20.5 Å². The average Bonchev–Trinajstić information content (AvgIpc) is 2.40. The summed E-state index contributed by atoms with van der Waals surface area (Å²) >= 11 is 0. The zero-order valence-electron chi connectivity index (χ0n) is 11.1.